The maximum Gasteiger partial charge on any atom is 0.254 e. The lowest BCUT2D eigenvalue weighted by molar-refractivity contribution is 0.0769. The molecule has 0 N–H and O–H groups in total. The Kier molecular flexibility index (Phi) is 5.02. The summed E-state index contributed by atoms with van der Waals surface area (Å²) in [4.78, 5) is 20.5. The first-order valence-electron chi connectivity index (χ1n) is 8.36. The molecule has 0 aliphatic rings. The number of aromatic nitrogens is 2. The second-order valence-electron chi connectivity index (χ2n) is 6.42. The Balaban J connectivity index is 1.78. The van der Waals surface area contributed by atoms with E-state index in [0.717, 1.165) is 16.8 Å². The van der Waals surface area contributed by atoms with Gasteiger partial charge in [-0.25, -0.2) is 0 Å². The van der Waals surface area contributed by atoms with E-state index in [1.807, 2.05) is 38.4 Å². The smallest absolute Gasteiger partial charge is 0.254 e. The Labute approximate surface area is 153 Å². The van der Waals surface area contributed by atoms with Crippen molar-refractivity contribution in [3.8, 4) is 11.1 Å². The number of rotatable bonds is 5. The largest absolute Gasteiger partial charge is 0.378 e. The molecule has 3 rings (SSSR count). The summed E-state index contributed by atoms with van der Waals surface area (Å²) < 4.78 is 5.09. The predicted molar refractivity (Wildman–Crippen MR) is 101 cm³/mol. The van der Waals surface area contributed by atoms with Crippen molar-refractivity contribution in [2.24, 2.45) is 0 Å². The molecule has 6 nitrogen and oxygen atoms in total. The zero-order valence-corrected chi connectivity index (χ0v) is 15.4. The zero-order valence-electron chi connectivity index (χ0n) is 15.4. The van der Waals surface area contributed by atoms with Crippen LogP contribution in [0.15, 0.2) is 53.1 Å². The van der Waals surface area contributed by atoms with Gasteiger partial charge in [-0.05, 0) is 42.3 Å². The average Bonchev–Trinajstić information content (AvgIpc) is 3.06. The van der Waals surface area contributed by atoms with Gasteiger partial charge in [0.25, 0.3) is 5.91 Å². The Bertz CT molecular complexity index is 900. The molecule has 2 aromatic carbocycles. The molecule has 0 saturated heterocycles. The molecule has 3 aromatic rings. The van der Waals surface area contributed by atoms with Gasteiger partial charge in [-0.2, -0.15) is 4.98 Å². The molecule has 0 atom stereocenters. The number of carbonyl (C=O) groups is 1. The monoisotopic (exact) mass is 350 g/mol. The van der Waals surface area contributed by atoms with Crippen molar-refractivity contribution in [2.75, 3.05) is 26.0 Å². The van der Waals surface area contributed by atoms with Crippen LogP contribution in [0.4, 0.5) is 5.69 Å². The van der Waals surface area contributed by atoms with Gasteiger partial charge in [-0.3, -0.25) is 4.79 Å². The molecule has 0 fully saturated rings. The molecule has 26 heavy (non-hydrogen) atoms. The van der Waals surface area contributed by atoms with Crippen LogP contribution in [-0.2, 0) is 6.54 Å². The Morgan fingerprint density at radius 2 is 1.77 bits per heavy atom. The Morgan fingerprint density at radius 1 is 1.04 bits per heavy atom. The Morgan fingerprint density at radius 3 is 2.38 bits per heavy atom. The highest BCUT2D eigenvalue weighted by molar-refractivity contribution is 5.95. The highest BCUT2D eigenvalue weighted by Gasteiger charge is 2.15. The van der Waals surface area contributed by atoms with E-state index in [9.17, 15) is 4.79 Å². The minimum Gasteiger partial charge on any atom is -0.378 e. The highest BCUT2D eigenvalue weighted by atomic mass is 16.5. The molecular formula is C20H22N4O2. The lowest BCUT2D eigenvalue weighted by Gasteiger charge is -2.16. The zero-order chi connectivity index (χ0) is 18.7. The van der Waals surface area contributed by atoms with Crippen molar-refractivity contribution in [3.05, 3.63) is 65.8 Å². The van der Waals surface area contributed by atoms with E-state index in [4.69, 9.17) is 4.52 Å². The van der Waals surface area contributed by atoms with E-state index in [2.05, 4.69) is 39.3 Å². The number of nitrogens with zero attached hydrogens (tertiary/aromatic N) is 4. The predicted octanol–water partition coefficient (Wildman–Crippen LogP) is 3.38. The summed E-state index contributed by atoms with van der Waals surface area (Å²) in [6.45, 7) is 2.03. The maximum absolute atomic E-state index is 12.7. The molecule has 0 aliphatic carbocycles. The van der Waals surface area contributed by atoms with Crippen molar-refractivity contribution < 1.29 is 9.32 Å². The second kappa shape index (κ2) is 7.39. The lowest BCUT2D eigenvalue weighted by atomic mass is 10.0. The number of carbonyl (C=O) groups excluding carboxylic acids is 1. The topological polar surface area (TPSA) is 62.5 Å². The third kappa shape index (κ3) is 3.91. The van der Waals surface area contributed by atoms with Crippen LogP contribution in [0.1, 0.15) is 22.1 Å². The van der Waals surface area contributed by atoms with Crippen LogP contribution in [0.3, 0.4) is 0 Å². The van der Waals surface area contributed by atoms with Gasteiger partial charge in [-0.15, -0.1) is 0 Å². The van der Waals surface area contributed by atoms with Crippen molar-refractivity contribution in [1.29, 1.82) is 0 Å². The molecular weight excluding hydrogens is 328 g/mol. The molecule has 0 bridgehead atoms. The molecule has 0 aliphatic heterocycles. The molecule has 0 spiro atoms. The molecule has 0 unspecified atom stereocenters. The summed E-state index contributed by atoms with van der Waals surface area (Å²) in [6, 6.07) is 15.9. The van der Waals surface area contributed by atoms with Crippen LogP contribution in [0.2, 0.25) is 0 Å². The summed E-state index contributed by atoms with van der Waals surface area (Å²) in [7, 11) is 5.74. The van der Waals surface area contributed by atoms with Crippen molar-refractivity contribution in [2.45, 2.75) is 13.5 Å². The van der Waals surface area contributed by atoms with Gasteiger partial charge in [0.2, 0.25) is 5.89 Å². The van der Waals surface area contributed by atoms with E-state index in [-0.39, 0.29) is 12.5 Å². The van der Waals surface area contributed by atoms with Crippen LogP contribution in [0, 0.1) is 6.92 Å². The molecule has 1 aromatic heterocycles. The number of amides is 1. The van der Waals surface area contributed by atoms with Gasteiger partial charge in [0.15, 0.2) is 5.82 Å². The first-order chi connectivity index (χ1) is 12.4. The molecule has 6 heteroatoms. The minimum atomic E-state index is -0.0902. The summed E-state index contributed by atoms with van der Waals surface area (Å²) in [5, 5.41) is 3.75. The first kappa shape index (κ1) is 17.7. The number of hydrogen-bond acceptors (Lipinski definition) is 5. The minimum absolute atomic E-state index is 0.0902. The van der Waals surface area contributed by atoms with E-state index >= 15 is 0 Å². The van der Waals surface area contributed by atoms with Crippen LogP contribution < -0.4 is 4.90 Å². The first-order valence-corrected chi connectivity index (χ1v) is 8.36. The van der Waals surface area contributed by atoms with Crippen LogP contribution in [0.5, 0.6) is 0 Å². The number of hydrogen-bond donors (Lipinski definition) is 0. The molecule has 0 saturated carbocycles. The van der Waals surface area contributed by atoms with Gasteiger partial charge >= 0.3 is 0 Å². The number of benzene rings is 2. The van der Waals surface area contributed by atoms with Gasteiger partial charge in [0, 0.05) is 32.4 Å². The second-order valence-corrected chi connectivity index (χ2v) is 6.42. The van der Waals surface area contributed by atoms with E-state index in [1.165, 1.54) is 0 Å². The fourth-order valence-corrected chi connectivity index (χ4v) is 2.68. The van der Waals surface area contributed by atoms with Crippen LogP contribution in [-0.4, -0.2) is 42.1 Å². The van der Waals surface area contributed by atoms with E-state index in [0.29, 0.717) is 17.3 Å². The van der Waals surface area contributed by atoms with Gasteiger partial charge in [0.05, 0.1) is 6.54 Å². The summed E-state index contributed by atoms with van der Waals surface area (Å²) >= 11 is 0. The van der Waals surface area contributed by atoms with E-state index in [1.54, 1.807) is 18.9 Å². The Hall–Kier alpha value is -3.15. The third-order valence-corrected chi connectivity index (χ3v) is 4.12. The van der Waals surface area contributed by atoms with Gasteiger partial charge < -0.3 is 14.3 Å². The fraction of sp³-hybridized carbons (Fsp3) is 0.250. The van der Waals surface area contributed by atoms with Crippen molar-refractivity contribution >= 4 is 11.6 Å². The normalized spacial score (nSPS) is 10.6. The van der Waals surface area contributed by atoms with Gasteiger partial charge in [-0.1, -0.05) is 29.4 Å². The molecule has 1 heterocycles. The van der Waals surface area contributed by atoms with Gasteiger partial charge in [0.1, 0.15) is 0 Å². The lowest BCUT2D eigenvalue weighted by Crippen LogP contribution is -2.26. The molecule has 134 valence electrons. The van der Waals surface area contributed by atoms with Crippen molar-refractivity contribution in [1.82, 2.24) is 15.0 Å². The summed E-state index contributed by atoms with van der Waals surface area (Å²) in [6.07, 6.45) is 0. The molecule has 1 amide bonds. The number of aryl methyl sites for hydroxylation is 1. The standard InChI is InChI=1S/C20H22N4O2/c1-14-21-19(26-22-14)13-24(4)20(25)17-7-5-6-16(12-17)15-8-10-18(11-9-15)23(2)3/h5-12H,13H2,1-4H3. The fourth-order valence-electron chi connectivity index (χ4n) is 2.68. The maximum atomic E-state index is 12.7. The summed E-state index contributed by atoms with van der Waals surface area (Å²) in [5.74, 6) is 0.894. The van der Waals surface area contributed by atoms with Crippen LogP contribution >= 0.6 is 0 Å². The van der Waals surface area contributed by atoms with E-state index < -0.39 is 0 Å². The summed E-state index contributed by atoms with van der Waals surface area (Å²) in [5.41, 5.74) is 3.83. The average molecular weight is 350 g/mol. The quantitative estimate of drug-likeness (QED) is 0.706. The highest BCUT2D eigenvalue weighted by Crippen LogP contribution is 2.24. The van der Waals surface area contributed by atoms with Crippen LogP contribution in [0.25, 0.3) is 11.1 Å². The third-order valence-electron chi connectivity index (χ3n) is 4.12. The molecule has 0 radical (unpaired) electrons. The number of anilines is 1. The van der Waals surface area contributed by atoms with Crippen molar-refractivity contribution in [3.63, 3.8) is 0 Å². The SMILES string of the molecule is Cc1noc(CN(C)C(=O)c2cccc(-c3ccc(N(C)C)cc3)c2)n1.